The van der Waals surface area contributed by atoms with Gasteiger partial charge in [-0.05, 0) is 32.2 Å². The molecule has 3 heteroatoms. The molecule has 1 aliphatic carbocycles. The first-order chi connectivity index (χ1) is 6.88. The number of rotatable bonds is 7. The van der Waals surface area contributed by atoms with Gasteiger partial charge in [0.05, 0.1) is 12.1 Å². The third-order valence-electron chi connectivity index (χ3n) is 2.56. The molecule has 0 spiro atoms. The standard InChI is InChI=1S/C11H17N3/c12-7-2-1-3-9-14(10-4-8-13)11-5-6-11/h11H,1-6,9-10H2. The van der Waals surface area contributed by atoms with E-state index in [2.05, 4.69) is 17.0 Å². The lowest BCUT2D eigenvalue weighted by Gasteiger charge is -2.19. The van der Waals surface area contributed by atoms with Crippen molar-refractivity contribution in [3.8, 4) is 12.1 Å². The Morgan fingerprint density at radius 1 is 1.00 bits per heavy atom. The van der Waals surface area contributed by atoms with Crippen molar-refractivity contribution in [3.05, 3.63) is 0 Å². The molecular weight excluding hydrogens is 174 g/mol. The Balaban J connectivity index is 2.09. The average Bonchev–Trinajstić information content (AvgIpc) is 3.00. The van der Waals surface area contributed by atoms with Gasteiger partial charge in [-0.1, -0.05) is 0 Å². The van der Waals surface area contributed by atoms with E-state index >= 15 is 0 Å². The summed E-state index contributed by atoms with van der Waals surface area (Å²) in [6.07, 6.45) is 5.97. The summed E-state index contributed by atoms with van der Waals surface area (Å²) in [5, 5.41) is 16.9. The van der Waals surface area contributed by atoms with Crippen LogP contribution in [0.2, 0.25) is 0 Å². The summed E-state index contributed by atoms with van der Waals surface area (Å²) in [6, 6.07) is 5.09. The molecule has 0 aromatic carbocycles. The number of nitriles is 2. The van der Waals surface area contributed by atoms with Crippen molar-refractivity contribution in [2.75, 3.05) is 13.1 Å². The molecule has 0 heterocycles. The second-order valence-corrected chi connectivity index (χ2v) is 3.79. The monoisotopic (exact) mass is 191 g/mol. The minimum absolute atomic E-state index is 0.634. The van der Waals surface area contributed by atoms with Gasteiger partial charge in [0.15, 0.2) is 0 Å². The maximum absolute atomic E-state index is 8.51. The summed E-state index contributed by atoms with van der Waals surface area (Å²) in [6.45, 7) is 1.97. The number of hydrogen-bond donors (Lipinski definition) is 0. The van der Waals surface area contributed by atoms with E-state index in [1.807, 2.05) is 0 Å². The third kappa shape index (κ3) is 4.25. The van der Waals surface area contributed by atoms with Crippen LogP contribution in [0.25, 0.3) is 0 Å². The average molecular weight is 191 g/mol. The zero-order chi connectivity index (χ0) is 10.2. The van der Waals surface area contributed by atoms with Crippen molar-refractivity contribution in [1.82, 2.24) is 4.90 Å². The molecule has 0 bridgehead atoms. The summed E-state index contributed by atoms with van der Waals surface area (Å²) in [5.74, 6) is 0. The highest BCUT2D eigenvalue weighted by molar-refractivity contribution is 4.86. The summed E-state index contributed by atoms with van der Waals surface area (Å²) in [5.41, 5.74) is 0. The van der Waals surface area contributed by atoms with E-state index in [9.17, 15) is 0 Å². The van der Waals surface area contributed by atoms with Gasteiger partial charge in [-0.25, -0.2) is 0 Å². The number of nitrogens with zero attached hydrogens (tertiary/aromatic N) is 3. The predicted octanol–water partition coefficient (Wildman–Crippen LogP) is 2.06. The zero-order valence-electron chi connectivity index (χ0n) is 8.58. The summed E-state index contributed by atoms with van der Waals surface area (Å²) < 4.78 is 0. The highest BCUT2D eigenvalue weighted by Gasteiger charge is 2.27. The van der Waals surface area contributed by atoms with Gasteiger partial charge >= 0.3 is 0 Å². The smallest absolute Gasteiger partial charge is 0.0635 e. The quantitative estimate of drug-likeness (QED) is 0.579. The second kappa shape index (κ2) is 6.40. The molecule has 1 aliphatic rings. The molecule has 1 saturated carbocycles. The number of hydrogen-bond acceptors (Lipinski definition) is 3. The Morgan fingerprint density at radius 2 is 1.71 bits per heavy atom. The molecule has 76 valence electrons. The Labute approximate surface area is 85.9 Å². The van der Waals surface area contributed by atoms with Crippen molar-refractivity contribution < 1.29 is 0 Å². The van der Waals surface area contributed by atoms with Crippen molar-refractivity contribution in [3.63, 3.8) is 0 Å². The molecular formula is C11H17N3. The maximum atomic E-state index is 8.51. The summed E-state index contributed by atoms with van der Waals surface area (Å²) in [4.78, 5) is 2.40. The van der Waals surface area contributed by atoms with E-state index in [4.69, 9.17) is 10.5 Å². The van der Waals surface area contributed by atoms with E-state index < -0.39 is 0 Å². The molecule has 1 rings (SSSR count). The van der Waals surface area contributed by atoms with Crippen LogP contribution in [0.5, 0.6) is 0 Å². The van der Waals surface area contributed by atoms with Crippen LogP contribution in [-0.4, -0.2) is 24.0 Å². The minimum Gasteiger partial charge on any atom is -0.299 e. The molecule has 0 aliphatic heterocycles. The van der Waals surface area contributed by atoms with Crippen LogP contribution in [0, 0.1) is 22.7 Å². The van der Waals surface area contributed by atoms with Crippen LogP contribution in [0.4, 0.5) is 0 Å². The van der Waals surface area contributed by atoms with E-state index in [1.165, 1.54) is 12.8 Å². The predicted molar refractivity (Wildman–Crippen MR) is 54.3 cm³/mol. The van der Waals surface area contributed by atoms with Crippen LogP contribution >= 0.6 is 0 Å². The van der Waals surface area contributed by atoms with Gasteiger partial charge in [0.25, 0.3) is 0 Å². The molecule has 3 nitrogen and oxygen atoms in total. The molecule has 0 radical (unpaired) electrons. The van der Waals surface area contributed by atoms with Gasteiger partial charge in [-0.15, -0.1) is 0 Å². The van der Waals surface area contributed by atoms with Crippen LogP contribution in [-0.2, 0) is 0 Å². The lowest BCUT2D eigenvalue weighted by atomic mass is 10.2. The van der Waals surface area contributed by atoms with Gasteiger partial charge in [0.2, 0.25) is 0 Å². The van der Waals surface area contributed by atoms with Gasteiger partial charge in [-0.2, -0.15) is 10.5 Å². The first-order valence-corrected chi connectivity index (χ1v) is 5.36. The first kappa shape index (κ1) is 11.0. The van der Waals surface area contributed by atoms with E-state index in [0.29, 0.717) is 12.8 Å². The summed E-state index contributed by atoms with van der Waals surface area (Å²) in [7, 11) is 0. The molecule has 0 saturated heterocycles. The normalized spacial score (nSPS) is 15.1. The van der Waals surface area contributed by atoms with Gasteiger partial charge < -0.3 is 0 Å². The maximum Gasteiger partial charge on any atom is 0.0635 e. The first-order valence-electron chi connectivity index (χ1n) is 5.36. The van der Waals surface area contributed by atoms with E-state index in [1.54, 1.807) is 0 Å². The van der Waals surface area contributed by atoms with Crippen molar-refractivity contribution in [1.29, 1.82) is 10.5 Å². The fourth-order valence-corrected chi connectivity index (χ4v) is 1.63. The van der Waals surface area contributed by atoms with Gasteiger partial charge in [-0.3, -0.25) is 4.90 Å². The minimum atomic E-state index is 0.634. The number of unbranched alkanes of at least 4 members (excludes halogenated alkanes) is 2. The largest absolute Gasteiger partial charge is 0.299 e. The lowest BCUT2D eigenvalue weighted by Crippen LogP contribution is -2.28. The fraction of sp³-hybridized carbons (Fsp3) is 0.818. The van der Waals surface area contributed by atoms with Crippen LogP contribution < -0.4 is 0 Å². The Bertz CT molecular complexity index is 232. The third-order valence-corrected chi connectivity index (χ3v) is 2.56. The van der Waals surface area contributed by atoms with Crippen molar-refractivity contribution >= 4 is 0 Å². The Hall–Kier alpha value is -1.06. The topological polar surface area (TPSA) is 50.8 Å². The molecule has 0 aromatic heterocycles. The molecule has 14 heavy (non-hydrogen) atoms. The molecule has 0 N–H and O–H groups in total. The summed E-state index contributed by atoms with van der Waals surface area (Å²) >= 11 is 0. The zero-order valence-corrected chi connectivity index (χ0v) is 8.58. The van der Waals surface area contributed by atoms with Crippen LogP contribution in [0.3, 0.4) is 0 Å². The SMILES string of the molecule is N#CCCCCN(CCC#N)C1CC1. The molecule has 0 amide bonds. The van der Waals surface area contributed by atoms with Crippen molar-refractivity contribution in [2.45, 2.75) is 44.6 Å². The molecule has 1 fully saturated rings. The molecule has 0 atom stereocenters. The van der Waals surface area contributed by atoms with Crippen LogP contribution in [0.15, 0.2) is 0 Å². The van der Waals surface area contributed by atoms with Gasteiger partial charge in [0.1, 0.15) is 0 Å². The molecule has 0 unspecified atom stereocenters. The van der Waals surface area contributed by atoms with E-state index in [-0.39, 0.29) is 0 Å². The second-order valence-electron chi connectivity index (χ2n) is 3.79. The van der Waals surface area contributed by atoms with E-state index in [0.717, 1.165) is 32.0 Å². The van der Waals surface area contributed by atoms with Crippen molar-refractivity contribution in [2.24, 2.45) is 0 Å². The molecule has 0 aromatic rings. The highest BCUT2D eigenvalue weighted by atomic mass is 15.2. The van der Waals surface area contributed by atoms with Gasteiger partial charge in [0, 0.05) is 25.4 Å². The Kier molecular flexibility index (Phi) is 5.04. The Morgan fingerprint density at radius 3 is 2.29 bits per heavy atom. The lowest BCUT2D eigenvalue weighted by molar-refractivity contribution is 0.264. The fourth-order valence-electron chi connectivity index (χ4n) is 1.63. The van der Waals surface area contributed by atoms with Crippen LogP contribution in [0.1, 0.15) is 38.5 Å². The highest BCUT2D eigenvalue weighted by Crippen LogP contribution is 2.27.